The first-order valence-corrected chi connectivity index (χ1v) is 10.6. The van der Waals surface area contributed by atoms with Crippen LogP contribution in [0.2, 0.25) is 5.02 Å². The fraction of sp³-hybridized carbons (Fsp3) is 0.261. The van der Waals surface area contributed by atoms with Gasteiger partial charge in [-0.05, 0) is 35.7 Å². The molecule has 158 valence electrons. The Balaban J connectivity index is 1.73. The molecule has 0 unspecified atom stereocenters. The standard InChI is InChI=1S/C23H22ClN5O2/c1-15-12-27(18-9-4-3-5-10-18)22-25-20-19(28(22)13-15)21(30)29(23(31)26(20)2)14-16-7-6-8-17(24)11-16/h3-11,15H,12-14H2,1-2H3/t15-/m0/s1. The number of aryl methyl sites for hydroxylation is 1. The lowest BCUT2D eigenvalue weighted by Gasteiger charge is -2.32. The van der Waals surface area contributed by atoms with Crippen LogP contribution >= 0.6 is 11.6 Å². The summed E-state index contributed by atoms with van der Waals surface area (Å²) in [7, 11) is 1.66. The van der Waals surface area contributed by atoms with E-state index in [0.717, 1.165) is 17.8 Å². The fourth-order valence-electron chi connectivity index (χ4n) is 4.29. The van der Waals surface area contributed by atoms with Gasteiger partial charge >= 0.3 is 5.69 Å². The number of imidazole rings is 1. The molecule has 3 heterocycles. The fourth-order valence-corrected chi connectivity index (χ4v) is 4.50. The second-order valence-electron chi connectivity index (χ2n) is 8.11. The Morgan fingerprint density at radius 3 is 2.58 bits per heavy atom. The van der Waals surface area contributed by atoms with Crippen LogP contribution in [0.3, 0.4) is 0 Å². The second-order valence-corrected chi connectivity index (χ2v) is 8.55. The van der Waals surface area contributed by atoms with E-state index in [1.807, 2.05) is 47.0 Å². The molecule has 0 radical (unpaired) electrons. The number of nitrogens with zero attached hydrogens (tertiary/aromatic N) is 5. The average molecular weight is 436 g/mol. The van der Waals surface area contributed by atoms with Crippen LogP contribution in [0.4, 0.5) is 11.6 Å². The third-order valence-corrected chi connectivity index (χ3v) is 5.97. The Bertz CT molecular complexity index is 1400. The molecule has 1 aliphatic heterocycles. The molecule has 4 aromatic rings. The Morgan fingerprint density at radius 2 is 1.84 bits per heavy atom. The molecule has 7 nitrogen and oxygen atoms in total. The van der Waals surface area contributed by atoms with E-state index in [4.69, 9.17) is 16.6 Å². The van der Waals surface area contributed by atoms with E-state index in [1.54, 1.807) is 19.2 Å². The minimum Gasteiger partial charge on any atom is -0.312 e. The van der Waals surface area contributed by atoms with Crippen molar-refractivity contribution in [2.45, 2.75) is 20.0 Å². The number of hydrogen-bond donors (Lipinski definition) is 0. The maximum absolute atomic E-state index is 13.5. The molecule has 0 bridgehead atoms. The number of halogens is 1. The average Bonchev–Trinajstić information content (AvgIpc) is 3.15. The molecule has 0 saturated carbocycles. The van der Waals surface area contributed by atoms with Gasteiger partial charge < -0.3 is 9.47 Å². The molecule has 5 rings (SSSR count). The van der Waals surface area contributed by atoms with E-state index < -0.39 is 5.69 Å². The van der Waals surface area contributed by atoms with E-state index in [1.165, 1.54) is 9.13 Å². The van der Waals surface area contributed by atoms with Crippen molar-refractivity contribution in [1.82, 2.24) is 18.7 Å². The lowest BCUT2D eigenvalue weighted by atomic mass is 10.1. The summed E-state index contributed by atoms with van der Waals surface area (Å²) in [5, 5.41) is 0.567. The molecule has 2 aromatic heterocycles. The van der Waals surface area contributed by atoms with Crippen LogP contribution < -0.4 is 16.1 Å². The van der Waals surface area contributed by atoms with Gasteiger partial charge in [-0.2, -0.15) is 4.98 Å². The van der Waals surface area contributed by atoms with Crippen LogP contribution in [0, 0.1) is 5.92 Å². The van der Waals surface area contributed by atoms with Gasteiger partial charge in [-0.15, -0.1) is 0 Å². The first-order valence-electron chi connectivity index (χ1n) is 10.2. The lowest BCUT2D eigenvalue weighted by molar-refractivity contribution is 0.458. The van der Waals surface area contributed by atoms with E-state index in [-0.39, 0.29) is 12.1 Å². The molecule has 0 fully saturated rings. The van der Waals surface area contributed by atoms with Gasteiger partial charge in [-0.1, -0.05) is 48.9 Å². The number of rotatable bonds is 3. The Labute approximate surface area is 183 Å². The Kier molecular flexibility index (Phi) is 4.70. The lowest BCUT2D eigenvalue weighted by Crippen LogP contribution is -2.40. The van der Waals surface area contributed by atoms with Crippen molar-refractivity contribution in [2.24, 2.45) is 13.0 Å². The molecule has 0 spiro atoms. The van der Waals surface area contributed by atoms with E-state index in [2.05, 4.69) is 11.8 Å². The van der Waals surface area contributed by atoms with Crippen LogP contribution in [-0.2, 0) is 20.1 Å². The maximum Gasteiger partial charge on any atom is 0.332 e. The third kappa shape index (κ3) is 3.25. The summed E-state index contributed by atoms with van der Waals surface area (Å²) in [5.74, 6) is 0.995. The molecular weight excluding hydrogens is 414 g/mol. The largest absolute Gasteiger partial charge is 0.332 e. The highest BCUT2D eigenvalue weighted by molar-refractivity contribution is 6.30. The zero-order valence-electron chi connectivity index (χ0n) is 17.3. The normalized spacial score (nSPS) is 16.0. The van der Waals surface area contributed by atoms with Crippen molar-refractivity contribution in [1.29, 1.82) is 0 Å². The first kappa shape index (κ1) is 19.6. The summed E-state index contributed by atoms with van der Waals surface area (Å²) >= 11 is 6.09. The second kappa shape index (κ2) is 7.42. The van der Waals surface area contributed by atoms with Gasteiger partial charge in [0.2, 0.25) is 5.95 Å². The monoisotopic (exact) mass is 435 g/mol. The van der Waals surface area contributed by atoms with Crippen molar-refractivity contribution in [3.8, 4) is 0 Å². The summed E-state index contributed by atoms with van der Waals surface area (Å²) < 4.78 is 4.67. The predicted molar refractivity (Wildman–Crippen MR) is 122 cm³/mol. The third-order valence-electron chi connectivity index (χ3n) is 5.74. The number of hydrogen-bond acceptors (Lipinski definition) is 4. The van der Waals surface area contributed by atoms with Crippen LogP contribution in [0.5, 0.6) is 0 Å². The zero-order chi connectivity index (χ0) is 21.7. The molecule has 0 N–H and O–H groups in total. The van der Waals surface area contributed by atoms with Crippen LogP contribution in [0.15, 0.2) is 64.2 Å². The molecule has 31 heavy (non-hydrogen) atoms. The number of para-hydroxylation sites is 1. The molecular formula is C23H22ClN5O2. The summed E-state index contributed by atoms with van der Waals surface area (Å²) in [4.78, 5) is 33.4. The summed E-state index contributed by atoms with van der Waals surface area (Å²) in [6.07, 6.45) is 0. The van der Waals surface area contributed by atoms with Crippen LogP contribution in [-0.4, -0.2) is 25.2 Å². The van der Waals surface area contributed by atoms with Gasteiger partial charge in [-0.3, -0.25) is 13.9 Å². The maximum atomic E-state index is 13.5. The van der Waals surface area contributed by atoms with Crippen molar-refractivity contribution >= 4 is 34.4 Å². The van der Waals surface area contributed by atoms with Gasteiger partial charge in [-0.25, -0.2) is 4.79 Å². The molecule has 2 aromatic carbocycles. The number of aromatic nitrogens is 4. The molecule has 1 aliphatic rings. The highest BCUT2D eigenvalue weighted by Gasteiger charge is 2.29. The smallest absolute Gasteiger partial charge is 0.312 e. The van der Waals surface area contributed by atoms with Crippen molar-refractivity contribution in [2.75, 3.05) is 11.4 Å². The summed E-state index contributed by atoms with van der Waals surface area (Å²) in [6, 6.07) is 17.2. The topological polar surface area (TPSA) is 65.1 Å². The highest BCUT2D eigenvalue weighted by atomic mass is 35.5. The van der Waals surface area contributed by atoms with Crippen molar-refractivity contribution in [3.63, 3.8) is 0 Å². The molecule has 8 heteroatoms. The highest BCUT2D eigenvalue weighted by Crippen LogP contribution is 2.32. The van der Waals surface area contributed by atoms with Gasteiger partial charge in [0.05, 0.1) is 6.54 Å². The Morgan fingerprint density at radius 1 is 1.06 bits per heavy atom. The molecule has 0 aliphatic carbocycles. The van der Waals surface area contributed by atoms with Gasteiger partial charge in [0.1, 0.15) is 0 Å². The number of benzene rings is 2. The van der Waals surface area contributed by atoms with E-state index >= 15 is 0 Å². The van der Waals surface area contributed by atoms with Crippen LogP contribution in [0.1, 0.15) is 12.5 Å². The first-order chi connectivity index (χ1) is 14.9. The van der Waals surface area contributed by atoms with Gasteiger partial charge in [0.25, 0.3) is 5.56 Å². The SMILES string of the molecule is C[C@H]1CN(c2ccccc2)c2nc3c(c(=O)n(Cc4cccc(Cl)c4)c(=O)n3C)n2C1. The number of fused-ring (bicyclic) bond motifs is 3. The zero-order valence-corrected chi connectivity index (χ0v) is 18.1. The predicted octanol–water partition coefficient (Wildman–Crippen LogP) is 3.39. The van der Waals surface area contributed by atoms with E-state index in [9.17, 15) is 9.59 Å². The van der Waals surface area contributed by atoms with E-state index in [0.29, 0.717) is 34.6 Å². The Hall–Kier alpha value is -3.32. The van der Waals surface area contributed by atoms with Crippen molar-refractivity contribution in [3.05, 3.63) is 86.0 Å². The molecule has 0 amide bonds. The quantitative estimate of drug-likeness (QED) is 0.495. The summed E-state index contributed by atoms with van der Waals surface area (Å²) in [6.45, 7) is 3.76. The minimum absolute atomic E-state index is 0.153. The minimum atomic E-state index is -0.396. The number of anilines is 2. The van der Waals surface area contributed by atoms with Crippen LogP contribution in [0.25, 0.3) is 11.2 Å². The van der Waals surface area contributed by atoms with Gasteiger partial charge in [0.15, 0.2) is 11.2 Å². The van der Waals surface area contributed by atoms with Gasteiger partial charge in [0, 0.05) is 30.8 Å². The molecule has 1 atom stereocenters. The molecule has 0 saturated heterocycles. The van der Waals surface area contributed by atoms with Crippen molar-refractivity contribution < 1.29 is 0 Å². The summed E-state index contributed by atoms with van der Waals surface area (Å²) in [5.41, 5.74) is 1.93.